The van der Waals surface area contributed by atoms with E-state index in [2.05, 4.69) is 4.98 Å². The molecule has 0 spiro atoms. The van der Waals surface area contributed by atoms with E-state index in [1.807, 2.05) is 0 Å². The first kappa shape index (κ1) is 14.0. The number of nitrogen functional groups attached to an aromatic ring is 1. The van der Waals surface area contributed by atoms with Crippen molar-refractivity contribution in [2.45, 2.75) is 0 Å². The molecule has 7 heteroatoms. The van der Waals surface area contributed by atoms with Gasteiger partial charge in [0.05, 0.1) is 5.02 Å². The Balaban J connectivity index is 2.60. The number of nitrogens with two attached hydrogens (primary N) is 1. The molecule has 0 aliphatic rings. The SMILES string of the molecule is Nc1nccc(C(=O)c2ccc(F)cc2Cl)c1C(=O)O. The van der Waals surface area contributed by atoms with Crippen LogP contribution >= 0.6 is 11.6 Å². The summed E-state index contributed by atoms with van der Waals surface area (Å²) in [5, 5.41) is 8.98. The van der Waals surface area contributed by atoms with Gasteiger partial charge in [0, 0.05) is 17.3 Å². The summed E-state index contributed by atoms with van der Waals surface area (Å²) in [6.07, 6.45) is 1.21. The van der Waals surface area contributed by atoms with Gasteiger partial charge < -0.3 is 10.8 Å². The number of anilines is 1. The van der Waals surface area contributed by atoms with Crippen molar-refractivity contribution in [1.29, 1.82) is 0 Å². The van der Waals surface area contributed by atoms with E-state index in [0.29, 0.717) is 0 Å². The highest BCUT2D eigenvalue weighted by Crippen LogP contribution is 2.24. The molecule has 0 amide bonds. The minimum Gasteiger partial charge on any atom is -0.478 e. The summed E-state index contributed by atoms with van der Waals surface area (Å²) in [5.41, 5.74) is 4.89. The highest BCUT2D eigenvalue weighted by molar-refractivity contribution is 6.35. The summed E-state index contributed by atoms with van der Waals surface area (Å²) in [4.78, 5) is 27.1. The zero-order chi connectivity index (χ0) is 14.9. The molecular formula is C13H8ClFN2O3. The second kappa shape index (κ2) is 5.26. The molecule has 0 fully saturated rings. The Kier molecular flexibility index (Phi) is 3.67. The lowest BCUT2D eigenvalue weighted by molar-refractivity contribution is 0.0693. The summed E-state index contributed by atoms with van der Waals surface area (Å²) >= 11 is 5.79. The number of carbonyl (C=O) groups is 2. The van der Waals surface area contributed by atoms with Crippen LogP contribution in [0.3, 0.4) is 0 Å². The van der Waals surface area contributed by atoms with Crippen LogP contribution in [0.15, 0.2) is 30.5 Å². The summed E-state index contributed by atoms with van der Waals surface area (Å²) in [7, 11) is 0. The first-order valence-corrected chi connectivity index (χ1v) is 5.77. The van der Waals surface area contributed by atoms with E-state index in [4.69, 9.17) is 22.4 Å². The van der Waals surface area contributed by atoms with Gasteiger partial charge in [0.25, 0.3) is 0 Å². The molecule has 1 heterocycles. The maximum Gasteiger partial charge on any atom is 0.340 e. The second-order valence-electron chi connectivity index (χ2n) is 3.88. The quantitative estimate of drug-likeness (QED) is 0.848. The molecule has 1 aromatic heterocycles. The van der Waals surface area contributed by atoms with Gasteiger partial charge in [0.1, 0.15) is 17.2 Å². The lowest BCUT2D eigenvalue weighted by Gasteiger charge is -2.08. The van der Waals surface area contributed by atoms with Crippen molar-refractivity contribution in [3.8, 4) is 0 Å². The Hall–Kier alpha value is -2.47. The lowest BCUT2D eigenvalue weighted by atomic mass is 9.99. The number of ketones is 1. The van der Waals surface area contributed by atoms with Crippen LogP contribution in [0.1, 0.15) is 26.3 Å². The van der Waals surface area contributed by atoms with Crippen LogP contribution in [0.25, 0.3) is 0 Å². The number of hydrogen-bond donors (Lipinski definition) is 2. The highest BCUT2D eigenvalue weighted by Gasteiger charge is 2.22. The maximum absolute atomic E-state index is 13.0. The predicted octanol–water partition coefficient (Wildman–Crippen LogP) is 2.39. The number of aromatic nitrogens is 1. The van der Waals surface area contributed by atoms with Crippen molar-refractivity contribution >= 4 is 29.2 Å². The number of benzene rings is 1. The Morgan fingerprint density at radius 1 is 1.25 bits per heavy atom. The Morgan fingerprint density at radius 2 is 1.95 bits per heavy atom. The number of pyridine rings is 1. The average Bonchev–Trinajstić information content (AvgIpc) is 2.37. The lowest BCUT2D eigenvalue weighted by Crippen LogP contribution is -2.14. The van der Waals surface area contributed by atoms with E-state index in [9.17, 15) is 14.0 Å². The molecule has 0 aliphatic heterocycles. The van der Waals surface area contributed by atoms with Crippen molar-refractivity contribution in [3.63, 3.8) is 0 Å². The molecule has 0 atom stereocenters. The molecule has 2 rings (SSSR count). The number of carboxylic acid groups (broad SMARTS) is 1. The van der Waals surface area contributed by atoms with E-state index in [-0.39, 0.29) is 22.0 Å². The molecule has 5 nitrogen and oxygen atoms in total. The summed E-state index contributed by atoms with van der Waals surface area (Å²) in [6.45, 7) is 0. The summed E-state index contributed by atoms with van der Waals surface area (Å²) in [5.74, 6) is -2.92. The van der Waals surface area contributed by atoms with Gasteiger partial charge in [-0.1, -0.05) is 11.6 Å². The van der Waals surface area contributed by atoms with E-state index in [1.165, 1.54) is 18.3 Å². The van der Waals surface area contributed by atoms with Crippen molar-refractivity contribution in [2.75, 3.05) is 5.73 Å². The third-order valence-corrected chi connectivity index (χ3v) is 2.93. The van der Waals surface area contributed by atoms with Gasteiger partial charge in [-0.2, -0.15) is 0 Å². The van der Waals surface area contributed by atoms with E-state index < -0.39 is 23.1 Å². The molecule has 0 saturated heterocycles. The van der Waals surface area contributed by atoms with Crippen LogP contribution in [0, 0.1) is 5.82 Å². The fourth-order valence-corrected chi connectivity index (χ4v) is 1.96. The van der Waals surface area contributed by atoms with Crippen molar-refractivity contribution in [1.82, 2.24) is 4.98 Å². The predicted molar refractivity (Wildman–Crippen MR) is 70.5 cm³/mol. The molecule has 0 aliphatic carbocycles. The molecule has 0 radical (unpaired) electrons. The van der Waals surface area contributed by atoms with Gasteiger partial charge in [0.2, 0.25) is 0 Å². The fourth-order valence-electron chi connectivity index (χ4n) is 1.71. The van der Waals surface area contributed by atoms with Gasteiger partial charge in [-0.3, -0.25) is 4.79 Å². The monoisotopic (exact) mass is 294 g/mol. The van der Waals surface area contributed by atoms with Crippen molar-refractivity contribution in [3.05, 3.63) is 58.0 Å². The largest absolute Gasteiger partial charge is 0.478 e. The molecule has 3 N–H and O–H groups in total. The van der Waals surface area contributed by atoms with Gasteiger partial charge >= 0.3 is 5.97 Å². The van der Waals surface area contributed by atoms with Crippen LogP contribution < -0.4 is 5.73 Å². The van der Waals surface area contributed by atoms with Crippen LogP contribution in [0.2, 0.25) is 5.02 Å². The van der Waals surface area contributed by atoms with E-state index >= 15 is 0 Å². The highest BCUT2D eigenvalue weighted by atomic mass is 35.5. The molecule has 0 saturated carbocycles. The van der Waals surface area contributed by atoms with Gasteiger partial charge in [-0.15, -0.1) is 0 Å². The zero-order valence-corrected chi connectivity index (χ0v) is 10.7. The van der Waals surface area contributed by atoms with E-state index in [0.717, 1.165) is 12.1 Å². The van der Waals surface area contributed by atoms with Crippen LogP contribution in [0.4, 0.5) is 10.2 Å². The first-order chi connectivity index (χ1) is 9.41. The molecule has 102 valence electrons. The van der Waals surface area contributed by atoms with Crippen LogP contribution in [-0.2, 0) is 0 Å². The normalized spacial score (nSPS) is 10.3. The van der Waals surface area contributed by atoms with Crippen LogP contribution in [-0.4, -0.2) is 21.8 Å². The Morgan fingerprint density at radius 3 is 2.55 bits per heavy atom. The van der Waals surface area contributed by atoms with Crippen LogP contribution in [0.5, 0.6) is 0 Å². The fraction of sp³-hybridized carbons (Fsp3) is 0. The third-order valence-electron chi connectivity index (χ3n) is 2.61. The van der Waals surface area contributed by atoms with Crippen molar-refractivity contribution in [2.24, 2.45) is 0 Å². The number of carbonyl (C=O) groups excluding carboxylic acids is 1. The third kappa shape index (κ3) is 2.46. The smallest absolute Gasteiger partial charge is 0.340 e. The number of hydrogen-bond acceptors (Lipinski definition) is 4. The molecule has 20 heavy (non-hydrogen) atoms. The topological polar surface area (TPSA) is 93.3 Å². The molecule has 2 aromatic rings. The van der Waals surface area contributed by atoms with Gasteiger partial charge in [-0.05, 0) is 24.3 Å². The number of halogens is 2. The zero-order valence-electron chi connectivity index (χ0n) is 9.93. The summed E-state index contributed by atoms with van der Waals surface area (Å²) < 4.78 is 13.0. The Bertz CT molecular complexity index is 719. The van der Waals surface area contributed by atoms with Gasteiger partial charge in [0.15, 0.2) is 5.78 Å². The number of carboxylic acids is 1. The Labute approximate surface area is 117 Å². The number of nitrogens with zero attached hydrogens (tertiary/aromatic N) is 1. The van der Waals surface area contributed by atoms with Gasteiger partial charge in [-0.25, -0.2) is 14.2 Å². The molecule has 0 bridgehead atoms. The minimum absolute atomic E-state index is 0.0128. The standard InChI is InChI=1S/C13H8ClFN2O3/c14-9-5-6(15)1-2-7(9)11(18)8-3-4-17-12(16)10(8)13(19)20/h1-5H,(H2,16,17)(H,19,20). The molecule has 0 unspecified atom stereocenters. The average molecular weight is 295 g/mol. The molecular weight excluding hydrogens is 287 g/mol. The van der Waals surface area contributed by atoms with E-state index in [1.54, 1.807) is 0 Å². The number of rotatable bonds is 3. The second-order valence-corrected chi connectivity index (χ2v) is 4.28. The number of aromatic carboxylic acids is 1. The first-order valence-electron chi connectivity index (χ1n) is 5.39. The van der Waals surface area contributed by atoms with Crippen molar-refractivity contribution < 1.29 is 19.1 Å². The minimum atomic E-state index is -1.38. The summed E-state index contributed by atoms with van der Waals surface area (Å²) in [6, 6.07) is 4.44. The maximum atomic E-state index is 13.0. The molecule has 1 aromatic carbocycles.